The molecule has 0 unspecified atom stereocenters. The Labute approximate surface area is 188 Å². The number of amides is 1. The second-order valence-electron chi connectivity index (χ2n) is 6.61. The zero-order chi connectivity index (χ0) is 22.1. The van der Waals surface area contributed by atoms with Crippen LogP contribution < -0.4 is 10.1 Å². The predicted octanol–water partition coefficient (Wildman–Crippen LogP) is 4.24. The van der Waals surface area contributed by atoms with Crippen LogP contribution in [0.2, 0.25) is 0 Å². The molecule has 0 aliphatic rings. The molecule has 1 amide bonds. The van der Waals surface area contributed by atoms with Gasteiger partial charge in [0, 0.05) is 18.5 Å². The van der Waals surface area contributed by atoms with Crippen molar-refractivity contribution >= 4 is 34.1 Å². The SMILES string of the molecule is CCCc1nnc(SCC(=O)Nc2nnc(-c3ccc(OCCF)cc3)s2)n1CCC. The highest BCUT2D eigenvalue weighted by molar-refractivity contribution is 7.99. The molecule has 166 valence electrons. The molecular formula is C20H25FN6O2S2. The molecule has 3 rings (SSSR count). The molecule has 0 bridgehead atoms. The molecule has 3 aromatic rings. The first-order valence-corrected chi connectivity index (χ1v) is 11.9. The fourth-order valence-electron chi connectivity index (χ4n) is 2.81. The number of alkyl halides is 1. The standard InChI is InChI=1S/C20H25FN6O2S2/c1-3-5-16-23-26-20(27(16)11-4-2)30-13-17(28)22-19-25-24-18(31-19)14-6-8-15(9-7-14)29-12-10-21/h6-9H,3-5,10-13H2,1-2H3,(H,22,25,28). The summed E-state index contributed by atoms with van der Waals surface area (Å²) in [6, 6.07) is 7.15. The summed E-state index contributed by atoms with van der Waals surface area (Å²) < 4.78 is 19.5. The molecular weight excluding hydrogens is 439 g/mol. The molecule has 0 aliphatic heterocycles. The maximum Gasteiger partial charge on any atom is 0.236 e. The first-order valence-electron chi connectivity index (χ1n) is 10.1. The number of nitrogens with one attached hydrogen (secondary N) is 1. The van der Waals surface area contributed by atoms with Gasteiger partial charge in [-0.3, -0.25) is 10.1 Å². The number of rotatable bonds is 12. The van der Waals surface area contributed by atoms with Crippen LogP contribution in [0, 0.1) is 0 Å². The number of aromatic nitrogens is 5. The molecule has 2 heterocycles. The van der Waals surface area contributed by atoms with Crippen LogP contribution >= 0.6 is 23.1 Å². The van der Waals surface area contributed by atoms with Gasteiger partial charge in [0.05, 0.1) is 5.75 Å². The minimum absolute atomic E-state index is 0.0288. The van der Waals surface area contributed by atoms with Crippen LogP contribution in [-0.4, -0.2) is 49.9 Å². The Morgan fingerprint density at radius 2 is 1.97 bits per heavy atom. The molecule has 0 fully saturated rings. The van der Waals surface area contributed by atoms with Crippen molar-refractivity contribution < 1.29 is 13.9 Å². The highest BCUT2D eigenvalue weighted by Crippen LogP contribution is 2.28. The average molecular weight is 465 g/mol. The number of halogens is 1. The third kappa shape index (κ3) is 6.47. The Hall–Kier alpha value is -2.53. The Bertz CT molecular complexity index is 976. The van der Waals surface area contributed by atoms with Crippen LogP contribution in [0.4, 0.5) is 9.52 Å². The lowest BCUT2D eigenvalue weighted by molar-refractivity contribution is -0.113. The molecule has 0 aliphatic carbocycles. The van der Waals surface area contributed by atoms with Crippen molar-refractivity contribution in [1.29, 1.82) is 0 Å². The number of anilines is 1. The minimum Gasteiger partial charge on any atom is -0.491 e. The summed E-state index contributed by atoms with van der Waals surface area (Å²) in [5.74, 6) is 1.59. The third-order valence-corrected chi connectivity index (χ3v) is 6.02. The van der Waals surface area contributed by atoms with E-state index in [1.807, 2.05) is 12.1 Å². The molecule has 1 N–H and O–H groups in total. The summed E-state index contributed by atoms with van der Waals surface area (Å²) in [5, 5.41) is 21.3. The van der Waals surface area contributed by atoms with Gasteiger partial charge in [-0.2, -0.15) is 0 Å². The summed E-state index contributed by atoms with van der Waals surface area (Å²) in [6.07, 6.45) is 2.85. The van der Waals surface area contributed by atoms with E-state index in [-0.39, 0.29) is 18.3 Å². The summed E-state index contributed by atoms with van der Waals surface area (Å²) in [7, 11) is 0. The number of hydrogen-bond acceptors (Lipinski definition) is 8. The number of carbonyl (C=O) groups is 1. The molecule has 0 atom stereocenters. The van der Waals surface area contributed by atoms with Crippen molar-refractivity contribution in [2.45, 2.75) is 44.8 Å². The van der Waals surface area contributed by atoms with E-state index in [0.29, 0.717) is 15.9 Å². The van der Waals surface area contributed by atoms with E-state index in [4.69, 9.17) is 4.74 Å². The largest absolute Gasteiger partial charge is 0.491 e. The van der Waals surface area contributed by atoms with Crippen LogP contribution in [0.1, 0.15) is 32.5 Å². The first kappa shape index (κ1) is 23.1. The molecule has 31 heavy (non-hydrogen) atoms. The van der Waals surface area contributed by atoms with E-state index in [1.165, 1.54) is 23.1 Å². The summed E-state index contributed by atoms with van der Waals surface area (Å²) >= 11 is 2.65. The van der Waals surface area contributed by atoms with Crippen LogP contribution in [0.15, 0.2) is 29.4 Å². The summed E-state index contributed by atoms with van der Waals surface area (Å²) in [6.45, 7) is 4.55. The molecule has 0 radical (unpaired) electrons. The van der Waals surface area contributed by atoms with Gasteiger partial charge in [-0.1, -0.05) is 36.9 Å². The Kier molecular flexibility index (Phi) is 8.77. The molecule has 8 nitrogen and oxygen atoms in total. The van der Waals surface area contributed by atoms with Gasteiger partial charge < -0.3 is 9.30 Å². The topological polar surface area (TPSA) is 94.8 Å². The van der Waals surface area contributed by atoms with Crippen LogP contribution in [0.3, 0.4) is 0 Å². The lowest BCUT2D eigenvalue weighted by atomic mass is 10.2. The van der Waals surface area contributed by atoms with Gasteiger partial charge >= 0.3 is 0 Å². The van der Waals surface area contributed by atoms with Crippen LogP contribution in [0.5, 0.6) is 5.75 Å². The fourth-order valence-corrected chi connectivity index (χ4v) is 4.36. The van der Waals surface area contributed by atoms with Gasteiger partial charge in [0.1, 0.15) is 29.9 Å². The van der Waals surface area contributed by atoms with Crippen molar-refractivity contribution in [1.82, 2.24) is 25.0 Å². The Morgan fingerprint density at radius 1 is 1.16 bits per heavy atom. The second kappa shape index (κ2) is 11.8. The van der Waals surface area contributed by atoms with Crippen LogP contribution in [0.25, 0.3) is 10.6 Å². The lowest BCUT2D eigenvalue weighted by Crippen LogP contribution is -2.14. The van der Waals surface area contributed by atoms with E-state index in [1.54, 1.807) is 12.1 Å². The summed E-state index contributed by atoms with van der Waals surface area (Å²) in [4.78, 5) is 12.4. The highest BCUT2D eigenvalue weighted by Gasteiger charge is 2.15. The molecule has 0 saturated heterocycles. The number of aryl methyl sites for hydroxylation is 1. The maximum absolute atomic E-state index is 12.4. The van der Waals surface area contributed by atoms with Gasteiger partial charge in [0.2, 0.25) is 11.0 Å². The van der Waals surface area contributed by atoms with E-state index in [2.05, 4.69) is 44.1 Å². The van der Waals surface area contributed by atoms with E-state index in [0.717, 1.165) is 42.4 Å². The maximum atomic E-state index is 12.4. The van der Waals surface area contributed by atoms with Gasteiger partial charge in [-0.15, -0.1) is 20.4 Å². The molecule has 11 heteroatoms. The van der Waals surface area contributed by atoms with Gasteiger partial charge in [-0.05, 0) is 37.1 Å². The van der Waals surface area contributed by atoms with Crippen LogP contribution in [-0.2, 0) is 17.8 Å². The first-order chi connectivity index (χ1) is 15.1. The number of thioether (sulfide) groups is 1. The Balaban J connectivity index is 1.55. The van der Waals surface area contributed by atoms with E-state index < -0.39 is 6.67 Å². The third-order valence-electron chi connectivity index (χ3n) is 4.17. The zero-order valence-corrected chi connectivity index (χ0v) is 19.1. The smallest absolute Gasteiger partial charge is 0.236 e. The molecule has 0 spiro atoms. The van der Waals surface area contributed by atoms with Crippen molar-refractivity contribution in [2.75, 3.05) is 24.4 Å². The van der Waals surface area contributed by atoms with Gasteiger partial charge in [-0.25, -0.2) is 4.39 Å². The normalized spacial score (nSPS) is 10.9. The predicted molar refractivity (Wildman–Crippen MR) is 120 cm³/mol. The number of carbonyl (C=O) groups excluding carboxylic acids is 1. The minimum atomic E-state index is -0.531. The molecule has 2 aromatic heterocycles. The van der Waals surface area contributed by atoms with Gasteiger partial charge in [0.15, 0.2) is 5.16 Å². The van der Waals surface area contributed by atoms with Crippen molar-refractivity contribution in [3.63, 3.8) is 0 Å². The molecule has 0 saturated carbocycles. The highest BCUT2D eigenvalue weighted by atomic mass is 32.2. The van der Waals surface area contributed by atoms with Crippen molar-refractivity contribution in [3.05, 3.63) is 30.1 Å². The quantitative estimate of drug-likeness (QED) is 0.401. The van der Waals surface area contributed by atoms with E-state index in [9.17, 15) is 9.18 Å². The van der Waals surface area contributed by atoms with Crippen molar-refractivity contribution in [2.24, 2.45) is 0 Å². The van der Waals surface area contributed by atoms with Crippen molar-refractivity contribution in [3.8, 4) is 16.3 Å². The summed E-state index contributed by atoms with van der Waals surface area (Å²) in [5.41, 5.74) is 0.844. The average Bonchev–Trinajstić information content (AvgIpc) is 3.39. The molecule has 1 aromatic carbocycles. The number of hydrogen-bond donors (Lipinski definition) is 1. The number of ether oxygens (including phenoxy) is 1. The Morgan fingerprint density at radius 3 is 2.68 bits per heavy atom. The fraction of sp³-hybridized carbons (Fsp3) is 0.450. The lowest BCUT2D eigenvalue weighted by Gasteiger charge is -2.07. The zero-order valence-electron chi connectivity index (χ0n) is 17.5. The monoisotopic (exact) mass is 464 g/mol. The van der Waals surface area contributed by atoms with Gasteiger partial charge in [0.25, 0.3) is 0 Å². The second-order valence-corrected chi connectivity index (χ2v) is 8.53. The number of nitrogens with zero attached hydrogens (tertiary/aromatic N) is 5. The number of benzene rings is 1. The van der Waals surface area contributed by atoms with E-state index >= 15 is 0 Å².